The highest BCUT2D eigenvalue weighted by Crippen LogP contribution is 2.31. The van der Waals surface area contributed by atoms with Crippen LogP contribution in [0.25, 0.3) is 0 Å². The Labute approximate surface area is 120 Å². The summed E-state index contributed by atoms with van der Waals surface area (Å²) in [5.74, 6) is 0.806. The van der Waals surface area contributed by atoms with Gasteiger partial charge in [-0.15, -0.1) is 0 Å². The van der Waals surface area contributed by atoms with Gasteiger partial charge >= 0.3 is 0 Å². The van der Waals surface area contributed by atoms with Gasteiger partial charge in [-0.2, -0.15) is 0 Å². The van der Waals surface area contributed by atoms with Gasteiger partial charge in [0.05, 0.1) is 17.5 Å². The van der Waals surface area contributed by atoms with E-state index in [1.807, 2.05) is 6.92 Å². The van der Waals surface area contributed by atoms with Gasteiger partial charge in [0.15, 0.2) is 0 Å². The number of aryl methyl sites for hydroxylation is 1. The molecule has 0 bridgehead atoms. The van der Waals surface area contributed by atoms with E-state index >= 15 is 0 Å². The molecule has 1 aromatic rings. The summed E-state index contributed by atoms with van der Waals surface area (Å²) in [4.78, 5) is 11.0. The van der Waals surface area contributed by atoms with E-state index in [1.54, 1.807) is 13.1 Å². The molecular formula is C13H22N4O2S. The van der Waals surface area contributed by atoms with Crippen molar-refractivity contribution in [2.45, 2.75) is 39.3 Å². The Balaban J connectivity index is 2.24. The van der Waals surface area contributed by atoms with Gasteiger partial charge in [-0.05, 0) is 40.3 Å². The van der Waals surface area contributed by atoms with Crippen LogP contribution in [0.3, 0.4) is 0 Å². The van der Waals surface area contributed by atoms with Crippen LogP contribution in [0.2, 0.25) is 0 Å². The van der Waals surface area contributed by atoms with Gasteiger partial charge in [0.2, 0.25) is 10.0 Å². The van der Waals surface area contributed by atoms with E-state index in [0.29, 0.717) is 0 Å². The summed E-state index contributed by atoms with van der Waals surface area (Å²) in [6.07, 6.45) is 3.94. The van der Waals surface area contributed by atoms with Crippen molar-refractivity contribution in [2.75, 3.05) is 19.3 Å². The molecule has 0 saturated carbocycles. The van der Waals surface area contributed by atoms with E-state index in [2.05, 4.69) is 26.6 Å². The van der Waals surface area contributed by atoms with E-state index in [0.717, 1.165) is 36.5 Å². The van der Waals surface area contributed by atoms with Crippen molar-refractivity contribution >= 4 is 10.0 Å². The molecule has 2 rings (SSSR count). The molecule has 7 heteroatoms. The second kappa shape index (κ2) is 6.15. The van der Waals surface area contributed by atoms with Gasteiger partial charge in [0, 0.05) is 18.3 Å². The molecule has 1 aliphatic heterocycles. The molecule has 1 saturated heterocycles. The molecular weight excluding hydrogens is 276 g/mol. The highest BCUT2D eigenvalue weighted by molar-refractivity contribution is 7.89. The zero-order valence-corrected chi connectivity index (χ0v) is 13.1. The average Bonchev–Trinajstić information content (AvgIpc) is 2.83. The maximum absolute atomic E-state index is 11.6. The number of nitrogens with one attached hydrogen (secondary N) is 1. The predicted molar refractivity (Wildman–Crippen MR) is 77.7 cm³/mol. The summed E-state index contributed by atoms with van der Waals surface area (Å²) in [5.41, 5.74) is 1.82. The van der Waals surface area contributed by atoms with E-state index in [1.165, 1.54) is 0 Å². The molecule has 1 aromatic heterocycles. The first-order valence-electron chi connectivity index (χ1n) is 6.93. The van der Waals surface area contributed by atoms with Crippen LogP contribution in [0.5, 0.6) is 0 Å². The predicted octanol–water partition coefficient (Wildman–Crippen LogP) is 0.991. The maximum Gasteiger partial charge on any atom is 0.211 e. The van der Waals surface area contributed by atoms with Crippen molar-refractivity contribution in [1.82, 2.24) is 19.6 Å². The first kappa shape index (κ1) is 15.3. The van der Waals surface area contributed by atoms with Crippen LogP contribution < -0.4 is 4.72 Å². The summed E-state index contributed by atoms with van der Waals surface area (Å²) in [6, 6.07) is 0.262. The molecule has 0 unspecified atom stereocenters. The topological polar surface area (TPSA) is 75.2 Å². The van der Waals surface area contributed by atoms with E-state index in [4.69, 9.17) is 0 Å². The second-order valence-corrected chi connectivity index (χ2v) is 7.29. The fourth-order valence-electron chi connectivity index (χ4n) is 2.48. The summed E-state index contributed by atoms with van der Waals surface area (Å²) in [6.45, 7) is 4.79. The van der Waals surface area contributed by atoms with Crippen LogP contribution in [0.1, 0.15) is 42.9 Å². The van der Waals surface area contributed by atoms with Crippen LogP contribution in [0, 0.1) is 6.92 Å². The van der Waals surface area contributed by atoms with Gasteiger partial charge in [0.25, 0.3) is 0 Å². The van der Waals surface area contributed by atoms with Crippen molar-refractivity contribution in [3.8, 4) is 0 Å². The SMILES string of the molecule is CCS(=O)(=O)NCc1cnc(C)nc1[C@@H]1CCCN1C. The number of hydrogen-bond donors (Lipinski definition) is 1. The molecule has 1 N–H and O–H groups in total. The number of nitrogens with zero attached hydrogens (tertiary/aromatic N) is 3. The van der Waals surface area contributed by atoms with Crippen molar-refractivity contribution in [3.63, 3.8) is 0 Å². The lowest BCUT2D eigenvalue weighted by atomic mass is 10.1. The fraction of sp³-hybridized carbons (Fsp3) is 0.692. The first-order valence-corrected chi connectivity index (χ1v) is 8.58. The fourth-order valence-corrected chi connectivity index (χ4v) is 3.06. The smallest absolute Gasteiger partial charge is 0.211 e. The second-order valence-electron chi connectivity index (χ2n) is 5.19. The summed E-state index contributed by atoms with van der Waals surface area (Å²) >= 11 is 0. The monoisotopic (exact) mass is 298 g/mol. The van der Waals surface area contributed by atoms with Crippen LogP contribution >= 0.6 is 0 Å². The zero-order valence-electron chi connectivity index (χ0n) is 12.3. The van der Waals surface area contributed by atoms with Crippen LogP contribution in [-0.4, -0.2) is 42.6 Å². The van der Waals surface area contributed by atoms with Crippen molar-refractivity contribution in [2.24, 2.45) is 0 Å². The van der Waals surface area contributed by atoms with Crippen molar-refractivity contribution in [3.05, 3.63) is 23.3 Å². The Morgan fingerprint density at radius 1 is 1.50 bits per heavy atom. The molecule has 2 heterocycles. The van der Waals surface area contributed by atoms with Crippen molar-refractivity contribution in [1.29, 1.82) is 0 Å². The third kappa shape index (κ3) is 3.53. The minimum atomic E-state index is -3.20. The Bertz CT molecular complexity index is 574. The average molecular weight is 298 g/mol. The van der Waals surface area contributed by atoms with Crippen LogP contribution in [-0.2, 0) is 16.6 Å². The molecule has 112 valence electrons. The van der Waals surface area contributed by atoms with Gasteiger partial charge in [-0.3, -0.25) is 4.90 Å². The molecule has 1 fully saturated rings. The summed E-state index contributed by atoms with van der Waals surface area (Å²) < 4.78 is 25.7. The third-order valence-corrected chi connectivity index (χ3v) is 5.06. The first-order chi connectivity index (χ1) is 9.43. The maximum atomic E-state index is 11.6. The zero-order chi connectivity index (χ0) is 14.8. The standard InChI is InChI=1S/C13H22N4O2S/c1-4-20(18,19)15-9-11-8-14-10(2)16-13(11)12-6-5-7-17(12)3/h8,12,15H,4-7,9H2,1-3H3/t12-/m0/s1. The van der Waals surface area contributed by atoms with E-state index in [9.17, 15) is 8.42 Å². The van der Waals surface area contributed by atoms with E-state index in [-0.39, 0.29) is 18.3 Å². The molecule has 6 nitrogen and oxygen atoms in total. The Kier molecular flexibility index (Phi) is 4.72. The molecule has 1 atom stereocenters. The van der Waals surface area contributed by atoms with Gasteiger partial charge in [-0.1, -0.05) is 0 Å². The van der Waals surface area contributed by atoms with Gasteiger partial charge < -0.3 is 0 Å². The summed E-state index contributed by atoms with van der Waals surface area (Å²) in [5, 5.41) is 0. The van der Waals surface area contributed by atoms with Gasteiger partial charge in [-0.25, -0.2) is 23.1 Å². The van der Waals surface area contributed by atoms with Crippen LogP contribution in [0.15, 0.2) is 6.20 Å². The van der Waals surface area contributed by atoms with Crippen LogP contribution in [0.4, 0.5) is 0 Å². The highest BCUT2D eigenvalue weighted by Gasteiger charge is 2.26. The minimum Gasteiger partial charge on any atom is -0.298 e. The molecule has 0 aliphatic carbocycles. The Morgan fingerprint density at radius 2 is 2.25 bits per heavy atom. The molecule has 0 amide bonds. The molecule has 0 radical (unpaired) electrons. The molecule has 20 heavy (non-hydrogen) atoms. The van der Waals surface area contributed by atoms with Crippen molar-refractivity contribution < 1.29 is 8.42 Å². The lowest BCUT2D eigenvalue weighted by molar-refractivity contribution is 0.309. The lowest BCUT2D eigenvalue weighted by Gasteiger charge is -2.21. The number of likely N-dealkylation sites (tertiary alicyclic amines) is 1. The molecule has 1 aliphatic rings. The number of hydrogen-bond acceptors (Lipinski definition) is 5. The third-order valence-electron chi connectivity index (χ3n) is 3.72. The number of aromatic nitrogens is 2. The summed E-state index contributed by atoms with van der Waals surface area (Å²) in [7, 11) is -1.12. The normalized spacial score (nSPS) is 20.4. The largest absolute Gasteiger partial charge is 0.298 e. The molecule has 0 aromatic carbocycles. The van der Waals surface area contributed by atoms with E-state index < -0.39 is 10.0 Å². The van der Waals surface area contributed by atoms with Gasteiger partial charge in [0.1, 0.15) is 5.82 Å². The number of sulfonamides is 1. The minimum absolute atomic E-state index is 0.0817. The Morgan fingerprint density at radius 3 is 2.85 bits per heavy atom. The Hall–Kier alpha value is -1.05. The number of rotatable bonds is 5. The molecule has 0 spiro atoms. The lowest BCUT2D eigenvalue weighted by Crippen LogP contribution is -2.27. The highest BCUT2D eigenvalue weighted by atomic mass is 32.2. The quantitative estimate of drug-likeness (QED) is 0.877.